The monoisotopic (exact) mass is 296 g/mol. The maximum atomic E-state index is 12.4. The van der Waals surface area contributed by atoms with Gasteiger partial charge in [0.15, 0.2) is 0 Å². The van der Waals surface area contributed by atoms with Gasteiger partial charge in [-0.2, -0.15) is 0 Å². The number of anilines is 1. The Bertz CT molecular complexity index is 490. The summed E-state index contributed by atoms with van der Waals surface area (Å²) in [7, 11) is 0. The van der Waals surface area contributed by atoms with Gasteiger partial charge in [-0.25, -0.2) is 4.79 Å². The molecule has 2 aliphatic rings. The lowest BCUT2D eigenvalue weighted by Gasteiger charge is -2.37. The minimum absolute atomic E-state index is 0.0725. The zero-order chi connectivity index (χ0) is 14.1. The third-order valence-corrected chi connectivity index (χ3v) is 5.03. The summed E-state index contributed by atoms with van der Waals surface area (Å²) in [4.78, 5) is 14.3. The second-order valence-electron chi connectivity index (χ2n) is 5.63. The average molecular weight is 296 g/mol. The second kappa shape index (κ2) is 5.65. The number of fused-ring (bicyclic) bond motifs is 1. The number of carbonyl (C=O) groups excluding carboxylic acids is 1. The third kappa shape index (κ3) is 2.64. The van der Waals surface area contributed by atoms with Gasteiger partial charge in [0.25, 0.3) is 0 Å². The van der Waals surface area contributed by atoms with E-state index in [1.807, 2.05) is 4.90 Å². The minimum Gasteiger partial charge on any atom is -0.374 e. The molecule has 1 saturated carbocycles. The fourth-order valence-corrected chi connectivity index (χ4v) is 3.59. The van der Waals surface area contributed by atoms with E-state index in [0.717, 1.165) is 24.3 Å². The van der Waals surface area contributed by atoms with Crippen LogP contribution in [0.25, 0.3) is 0 Å². The maximum Gasteiger partial charge on any atom is 0.324 e. The van der Waals surface area contributed by atoms with E-state index >= 15 is 0 Å². The summed E-state index contributed by atoms with van der Waals surface area (Å²) in [6.07, 6.45) is 3.45. The van der Waals surface area contributed by atoms with Gasteiger partial charge in [0, 0.05) is 12.5 Å². The number of urea groups is 1. The fraction of sp³-hybridized carbons (Fsp3) is 0.769. The van der Waals surface area contributed by atoms with E-state index in [1.165, 1.54) is 11.3 Å². The van der Waals surface area contributed by atoms with Crippen molar-refractivity contribution in [3.8, 4) is 0 Å². The molecule has 110 valence electrons. The lowest BCUT2D eigenvalue weighted by atomic mass is 10.1. The van der Waals surface area contributed by atoms with Crippen molar-refractivity contribution in [3.63, 3.8) is 0 Å². The Morgan fingerprint density at radius 2 is 2.30 bits per heavy atom. The van der Waals surface area contributed by atoms with E-state index < -0.39 is 0 Å². The van der Waals surface area contributed by atoms with Crippen LogP contribution in [-0.4, -0.2) is 46.4 Å². The minimum atomic E-state index is -0.0725. The normalized spacial score (nSPS) is 25.9. The number of ether oxygens (including phenoxy) is 1. The van der Waals surface area contributed by atoms with Crippen LogP contribution < -0.4 is 5.32 Å². The molecule has 0 radical (unpaired) electrons. The molecule has 2 unspecified atom stereocenters. The summed E-state index contributed by atoms with van der Waals surface area (Å²) in [5.41, 5.74) is 0. The van der Waals surface area contributed by atoms with Gasteiger partial charge in [-0.15, -0.1) is 10.2 Å². The molecule has 0 bridgehead atoms. The molecule has 1 aromatic rings. The molecule has 0 aromatic carbocycles. The van der Waals surface area contributed by atoms with E-state index in [4.69, 9.17) is 4.74 Å². The standard InChI is InChI=1S/C13H20N4O2S/c1-8(2)11-15-16-12(20-11)14-13(18)17-6-7-19-10-5-3-4-9(10)17/h8-10H,3-7H2,1-2H3,(H,14,16,18). The van der Waals surface area contributed by atoms with Gasteiger partial charge < -0.3 is 9.64 Å². The Labute approximate surface area is 122 Å². The number of carbonyl (C=O) groups is 1. The highest BCUT2D eigenvalue weighted by atomic mass is 32.1. The van der Waals surface area contributed by atoms with Crippen molar-refractivity contribution in [2.75, 3.05) is 18.5 Å². The number of amides is 2. The molecule has 3 rings (SSSR count). The van der Waals surface area contributed by atoms with Crippen LogP contribution >= 0.6 is 11.3 Å². The smallest absolute Gasteiger partial charge is 0.324 e. The van der Waals surface area contributed by atoms with Gasteiger partial charge in [-0.3, -0.25) is 5.32 Å². The summed E-state index contributed by atoms with van der Waals surface area (Å²) in [6, 6.07) is 0.151. The van der Waals surface area contributed by atoms with Crippen molar-refractivity contribution in [1.29, 1.82) is 0 Å². The van der Waals surface area contributed by atoms with Crippen molar-refractivity contribution in [2.45, 2.75) is 51.2 Å². The molecule has 20 heavy (non-hydrogen) atoms. The van der Waals surface area contributed by atoms with Gasteiger partial charge in [-0.1, -0.05) is 25.2 Å². The molecule has 2 heterocycles. The van der Waals surface area contributed by atoms with Gasteiger partial charge in [0.2, 0.25) is 5.13 Å². The first-order chi connectivity index (χ1) is 9.65. The zero-order valence-corrected chi connectivity index (χ0v) is 12.7. The summed E-state index contributed by atoms with van der Waals surface area (Å²) >= 11 is 1.45. The van der Waals surface area contributed by atoms with E-state index in [0.29, 0.717) is 24.2 Å². The molecule has 1 aromatic heterocycles. The van der Waals surface area contributed by atoms with Crippen LogP contribution in [0.1, 0.15) is 44.0 Å². The zero-order valence-electron chi connectivity index (χ0n) is 11.8. The predicted molar refractivity (Wildman–Crippen MR) is 77.1 cm³/mol. The number of hydrogen-bond donors (Lipinski definition) is 1. The predicted octanol–water partition coefficient (Wildman–Crippen LogP) is 2.45. The first kappa shape index (κ1) is 13.8. The van der Waals surface area contributed by atoms with Crippen molar-refractivity contribution in [3.05, 3.63) is 5.01 Å². The lowest BCUT2D eigenvalue weighted by molar-refractivity contribution is -0.0362. The molecule has 1 saturated heterocycles. The van der Waals surface area contributed by atoms with Gasteiger partial charge in [-0.05, 0) is 19.3 Å². The quantitative estimate of drug-likeness (QED) is 0.910. The topological polar surface area (TPSA) is 67.4 Å². The number of morpholine rings is 1. The van der Waals surface area contributed by atoms with Crippen LogP contribution in [0.15, 0.2) is 0 Å². The summed E-state index contributed by atoms with van der Waals surface area (Å²) in [6.45, 7) is 5.42. The van der Waals surface area contributed by atoms with Crippen LogP contribution in [0.3, 0.4) is 0 Å². The van der Waals surface area contributed by atoms with Crippen LogP contribution in [0.2, 0.25) is 0 Å². The molecule has 0 spiro atoms. The molecule has 1 aliphatic heterocycles. The Morgan fingerprint density at radius 1 is 1.45 bits per heavy atom. The first-order valence-electron chi connectivity index (χ1n) is 7.18. The largest absolute Gasteiger partial charge is 0.374 e. The lowest BCUT2D eigenvalue weighted by Crippen LogP contribution is -2.52. The highest BCUT2D eigenvalue weighted by Crippen LogP contribution is 2.30. The highest BCUT2D eigenvalue weighted by molar-refractivity contribution is 7.15. The number of aromatic nitrogens is 2. The third-order valence-electron chi connectivity index (χ3n) is 3.89. The molecule has 1 N–H and O–H groups in total. The highest BCUT2D eigenvalue weighted by Gasteiger charge is 2.38. The molecule has 2 atom stereocenters. The van der Waals surface area contributed by atoms with Gasteiger partial charge in [0.05, 0.1) is 18.8 Å². The van der Waals surface area contributed by atoms with Crippen molar-refractivity contribution < 1.29 is 9.53 Å². The summed E-state index contributed by atoms with van der Waals surface area (Å²) < 4.78 is 5.72. The Balaban J connectivity index is 1.65. The Kier molecular flexibility index (Phi) is 3.89. The van der Waals surface area contributed by atoms with Crippen molar-refractivity contribution >= 4 is 22.5 Å². The average Bonchev–Trinajstić information content (AvgIpc) is 3.05. The van der Waals surface area contributed by atoms with E-state index in [2.05, 4.69) is 29.4 Å². The van der Waals surface area contributed by atoms with Crippen LogP contribution in [0, 0.1) is 0 Å². The van der Waals surface area contributed by atoms with E-state index in [9.17, 15) is 4.79 Å². The fourth-order valence-electron chi connectivity index (χ4n) is 2.86. The molecule has 2 fully saturated rings. The molecular weight excluding hydrogens is 276 g/mol. The molecular formula is C13H20N4O2S. The van der Waals surface area contributed by atoms with Crippen LogP contribution in [-0.2, 0) is 4.74 Å². The Hall–Kier alpha value is -1.21. The molecule has 2 amide bonds. The second-order valence-corrected chi connectivity index (χ2v) is 6.64. The molecule has 6 nitrogen and oxygen atoms in total. The van der Waals surface area contributed by atoms with Gasteiger partial charge in [0.1, 0.15) is 5.01 Å². The van der Waals surface area contributed by atoms with E-state index in [-0.39, 0.29) is 18.2 Å². The molecule has 1 aliphatic carbocycles. The first-order valence-corrected chi connectivity index (χ1v) is 7.99. The van der Waals surface area contributed by atoms with E-state index in [1.54, 1.807) is 0 Å². The Morgan fingerprint density at radius 3 is 3.05 bits per heavy atom. The number of nitrogens with zero attached hydrogens (tertiary/aromatic N) is 3. The van der Waals surface area contributed by atoms with Crippen LogP contribution in [0.5, 0.6) is 0 Å². The number of rotatable bonds is 2. The molecule has 7 heteroatoms. The number of nitrogens with one attached hydrogen (secondary N) is 1. The SMILES string of the molecule is CC(C)c1nnc(NC(=O)N2CCOC3CCCC32)s1. The number of hydrogen-bond acceptors (Lipinski definition) is 5. The van der Waals surface area contributed by atoms with Crippen molar-refractivity contribution in [2.24, 2.45) is 0 Å². The van der Waals surface area contributed by atoms with Crippen molar-refractivity contribution in [1.82, 2.24) is 15.1 Å². The summed E-state index contributed by atoms with van der Waals surface area (Å²) in [5.74, 6) is 0.334. The van der Waals surface area contributed by atoms with Crippen LogP contribution in [0.4, 0.5) is 9.93 Å². The maximum absolute atomic E-state index is 12.4. The van der Waals surface area contributed by atoms with Gasteiger partial charge >= 0.3 is 6.03 Å². The summed E-state index contributed by atoms with van der Waals surface area (Å²) in [5, 5.41) is 12.5.